The summed E-state index contributed by atoms with van der Waals surface area (Å²) in [6, 6.07) is 7.24. The van der Waals surface area contributed by atoms with E-state index < -0.39 is 11.9 Å². The number of aromatic carboxylic acids is 1. The van der Waals surface area contributed by atoms with Gasteiger partial charge in [-0.3, -0.25) is 14.8 Å². The molecule has 2 N–H and O–H groups in total. The number of carbonyl (C=O) groups is 2. The second kappa shape index (κ2) is 6.42. The number of nitrogens with one attached hydrogen (secondary N) is 1. The maximum Gasteiger partial charge on any atom is 0.339 e. The first-order valence-electron chi connectivity index (χ1n) is 6.74. The number of hydrogen-bond acceptors (Lipinski definition) is 5. The molecule has 0 fully saturated rings. The summed E-state index contributed by atoms with van der Waals surface area (Å²) in [6.45, 7) is 0. The fourth-order valence-corrected chi connectivity index (χ4v) is 3.08. The fourth-order valence-electron chi connectivity index (χ4n) is 2.14. The molecule has 2 heterocycles. The van der Waals surface area contributed by atoms with E-state index in [2.05, 4.69) is 15.4 Å². The highest BCUT2D eigenvalue weighted by molar-refractivity contribution is 7.14. The van der Waals surface area contributed by atoms with Gasteiger partial charge in [0.25, 0.3) is 5.91 Å². The van der Waals surface area contributed by atoms with E-state index in [1.54, 1.807) is 11.4 Å². The molecule has 0 atom stereocenters. The number of amides is 1. The summed E-state index contributed by atoms with van der Waals surface area (Å²) in [5.74, 6) is -1.81. The largest absolute Gasteiger partial charge is 0.478 e. The van der Waals surface area contributed by atoms with Crippen molar-refractivity contribution in [2.24, 2.45) is 7.05 Å². The third-order valence-electron chi connectivity index (χ3n) is 3.26. The van der Waals surface area contributed by atoms with Gasteiger partial charge in [-0.05, 0) is 6.07 Å². The first-order chi connectivity index (χ1) is 11.5. The van der Waals surface area contributed by atoms with Crippen LogP contribution in [0, 0.1) is 0 Å². The molecule has 7 nitrogen and oxygen atoms in total. The second-order valence-corrected chi connectivity index (χ2v) is 6.07. The molecule has 3 rings (SSSR count). The van der Waals surface area contributed by atoms with Crippen LogP contribution < -0.4 is 5.32 Å². The number of carboxylic acid groups (broad SMARTS) is 1. The normalized spacial score (nSPS) is 10.6. The van der Waals surface area contributed by atoms with Crippen LogP contribution in [-0.2, 0) is 7.05 Å². The van der Waals surface area contributed by atoms with Crippen LogP contribution in [0.15, 0.2) is 35.8 Å². The van der Waals surface area contributed by atoms with Gasteiger partial charge in [-0.25, -0.2) is 9.78 Å². The zero-order valence-electron chi connectivity index (χ0n) is 12.4. The number of carboxylic acids is 1. The molecule has 0 aliphatic rings. The van der Waals surface area contributed by atoms with Gasteiger partial charge in [0, 0.05) is 23.0 Å². The molecule has 0 saturated heterocycles. The predicted molar refractivity (Wildman–Crippen MR) is 90.7 cm³/mol. The number of hydrogen-bond donors (Lipinski definition) is 2. The Morgan fingerprint density at radius 3 is 2.79 bits per heavy atom. The van der Waals surface area contributed by atoms with Crippen molar-refractivity contribution in [2.45, 2.75) is 0 Å². The quantitative estimate of drug-likeness (QED) is 0.743. The van der Waals surface area contributed by atoms with Crippen molar-refractivity contribution < 1.29 is 14.7 Å². The number of thiazole rings is 1. The molecule has 1 amide bonds. The van der Waals surface area contributed by atoms with Crippen molar-refractivity contribution >= 4 is 39.9 Å². The van der Waals surface area contributed by atoms with E-state index in [0.717, 1.165) is 11.8 Å². The van der Waals surface area contributed by atoms with E-state index >= 15 is 0 Å². The zero-order chi connectivity index (χ0) is 17.3. The Bertz CT molecular complexity index is 934. The van der Waals surface area contributed by atoms with Crippen LogP contribution in [0.25, 0.3) is 11.3 Å². The number of carbonyl (C=O) groups excluding carboxylic acids is 1. The standard InChI is InChI=1S/C15H11ClN4O3S/c1-20-12(9(6-17-20)14(22)23)13(21)19-15-18-11(7-24-15)8-4-2-3-5-10(8)16/h2-7H,1H3,(H,22,23)(H,18,19,21). The molecule has 0 saturated carbocycles. The van der Waals surface area contributed by atoms with Crippen LogP contribution in [0.3, 0.4) is 0 Å². The van der Waals surface area contributed by atoms with Crippen LogP contribution >= 0.6 is 22.9 Å². The number of aromatic nitrogens is 3. The summed E-state index contributed by atoms with van der Waals surface area (Å²) >= 11 is 7.35. The zero-order valence-corrected chi connectivity index (χ0v) is 13.9. The summed E-state index contributed by atoms with van der Waals surface area (Å²) in [5, 5.41) is 18.2. The minimum atomic E-state index is -1.22. The molecular weight excluding hydrogens is 352 g/mol. The molecule has 0 aliphatic carbocycles. The summed E-state index contributed by atoms with van der Waals surface area (Å²) < 4.78 is 1.21. The van der Waals surface area contributed by atoms with Crippen molar-refractivity contribution in [3.63, 3.8) is 0 Å². The Hall–Kier alpha value is -2.71. The van der Waals surface area contributed by atoms with Gasteiger partial charge in [0.05, 0.1) is 11.9 Å². The van der Waals surface area contributed by atoms with Crippen LogP contribution in [0.1, 0.15) is 20.8 Å². The molecule has 0 aliphatic heterocycles. The lowest BCUT2D eigenvalue weighted by molar-refractivity contribution is 0.0692. The molecule has 9 heteroatoms. The van der Waals surface area contributed by atoms with Gasteiger partial charge < -0.3 is 5.11 Å². The van der Waals surface area contributed by atoms with E-state index in [0.29, 0.717) is 15.8 Å². The molecule has 2 aromatic heterocycles. The summed E-state index contributed by atoms with van der Waals surface area (Å²) in [7, 11) is 1.50. The Kier molecular flexibility index (Phi) is 4.32. The molecule has 0 bridgehead atoms. The van der Waals surface area contributed by atoms with Gasteiger partial charge in [-0.15, -0.1) is 11.3 Å². The van der Waals surface area contributed by atoms with E-state index in [4.69, 9.17) is 16.7 Å². The van der Waals surface area contributed by atoms with E-state index in [-0.39, 0.29) is 11.3 Å². The first-order valence-corrected chi connectivity index (χ1v) is 8.00. The van der Waals surface area contributed by atoms with Crippen molar-refractivity contribution in [1.29, 1.82) is 0 Å². The van der Waals surface area contributed by atoms with Crippen molar-refractivity contribution in [2.75, 3.05) is 5.32 Å². The van der Waals surface area contributed by atoms with Gasteiger partial charge >= 0.3 is 5.97 Å². The minimum Gasteiger partial charge on any atom is -0.478 e. The molecule has 3 aromatic rings. The summed E-state index contributed by atoms with van der Waals surface area (Å²) in [5.41, 5.74) is 1.17. The van der Waals surface area contributed by atoms with Crippen LogP contribution in [0.4, 0.5) is 5.13 Å². The fraction of sp³-hybridized carbons (Fsp3) is 0.0667. The van der Waals surface area contributed by atoms with E-state index in [1.165, 1.54) is 23.1 Å². The smallest absolute Gasteiger partial charge is 0.339 e. The third-order valence-corrected chi connectivity index (χ3v) is 4.35. The number of anilines is 1. The lowest BCUT2D eigenvalue weighted by Gasteiger charge is -2.03. The number of rotatable bonds is 4. The van der Waals surface area contributed by atoms with E-state index in [9.17, 15) is 9.59 Å². The SMILES string of the molecule is Cn1ncc(C(=O)O)c1C(=O)Nc1nc(-c2ccccc2Cl)cs1. The topological polar surface area (TPSA) is 97.1 Å². The van der Waals surface area contributed by atoms with Crippen LogP contribution in [-0.4, -0.2) is 31.7 Å². The minimum absolute atomic E-state index is 0.0445. The van der Waals surface area contributed by atoms with Crippen molar-refractivity contribution in [3.05, 3.63) is 52.1 Å². The average molecular weight is 363 g/mol. The number of nitrogens with zero attached hydrogens (tertiary/aromatic N) is 3. The maximum atomic E-state index is 12.3. The Balaban J connectivity index is 1.86. The predicted octanol–water partition coefficient (Wildman–Crippen LogP) is 3.15. The van der Waals surface area contributed by atoms with Gasteiger partial charge in [0.2, 0.25) is 0 Å². The highest BCUT2D eigenvalue weighted by Gasteiger charge is 2.22. The van der Waals surface area contributed by atoms with Gasteiger partial charge in [0.15, 0.2) is 5.13 Å². The third kappa shape index (κ3) is 3.01. The lowest BCUT2D eigenvalue weighted by Crippen LogP contribution is -2.19. The van der Waals surface area contributed by atoms with Gasteiger partial charge in [0.1, 0.15) is 11.3 Å². The molecule has 122 valence electrons. The first kappa shape index (κ1) is 16.2. The molecule has 24 heavy (non-hydrogen) atoms. The Morgan fingerprint density at radius 1 is 1.33 bits per heavy atom. The second-order valence-electron chi connectivity index (χ2n) is 4.81. The van der Waals surface area contributed by atoms with Crippen LogP contribution in [0.2, 0.25) is 5.02 Å². The average Bonchev–Trinajstić information content (AvgIpc) is 3.14. The number of benzene rings is 1. The molecule has 0 unspecified atom stereocenters. The summed E-state index contributed by atoms with van der Waals surface area (Å²) in [6.07, 6.45) is 1.13. The lowest BCUT2D eigenvalue weighted by atomic mass is 10.2. The Labute approximate surface area is 145 Å². The monoisotopic (exact) mass is 362 g/mol. The molecule has 0 spiro atoms. The van der Waals surface area contributed by atoms with Gasteiger partial charge in [-0.1, -0.05) is 29.8 Å². The number of aryl methyl sites for hydroxylation is 1. The van der Waals surface area contributed by atoms with E-state index in [1.807, 2.05) is 18.2 Å². The van der Waals surface area contributed by atoms with Gasteiger partial charge in [-0.2, -0.15) is 5.10 Å². The van der Waals surface area contributed by atoms with Crippen LogP contribution in [0.5, 0.6) is 0 Å². The van der Waals surface area contributed by atoms with Crippen molar-refractivity contribution in [3.8, 4) is 11.3 Å². The molecular formula is C15H11ClN4O3S. The summed E-state index contributed by atoms with van der Waals surface area (Å²) in [4.78, 5) is 27.8. The number of halogens is 1. The molecule has 1 aromatic carbocycles. The highest BCUT2D eigenvalue weighted by Crippen LogP contribution is 2.30. The molecule has 0 radical (unpaired) electrons. The highest BCUT2D eigenvalue weighted by atomic mass is 35.5. The Morgan fingerprint density at radius 2 is 2.08 bits per heavy atom. The maximum absolute atomic E-state index is 12.3. The van der Waals surface area contributed by atoms with Crippen molar-refractivity contribution in [1.82, 2.24) is 14.8 Å².